The van der Waals surface area contributed by atoms with Gasteiger partial charge in [-0.25, -0.2) is 0 Å². The van der Waals surface area contributed by atoms with Crippen LogP contribution in [0.4, 0.5) is 0 Å². The molecule has 110 valence electrons. The molecule has 0 aliphatic carbocycles. The van der Waals surface area contributed by atoms with Crippen LogP contribution in [0.25, 0.3) is 5.57 Å². The van der Waals surface area contributed by atoms with Crippen molar-refractivity contribution in [3.63, 3.8) is 0 Å². The molecular weight excluding hydrogens is 270 g/mol. The first kappa shape index (κ1) is 14.5. The SMILES string of the molecule is Cc1c(C#Cc2cccnn2)cccc1C1=CCN(C)CC1. The Morgan fingerprint density at radius 3 is 2.77 bits per heavy atom. The molecule has 0 radical (unpaired) electrons. The molecule has 0 bridgehead atoms. The van der Waals surface area contributed by atoms with Crippen molar-refractivity contribution in [3.8, 4) is 11.8 Å². The minimum atomic E-state index is 0.700. The molecule has 1 aliphatic rings. The van der Waals surface area contributed by atoms with E-state index in [-0.39, 0.29) is 0 Å². The summed E-state index contributed by atoms with van der Waals surface area (Å²) in [6.45, 7) is 4.28. The second-order valence-electron chi connectivity index (χ2n) is 5.58. The Labute approximate surface area is 131 Å². The Bertz CT molecular complexity index is 751. The Morgan fingerprint density at radius 2 is 2.05 bits per heavy atom. The van der Waals surface area contributed by atoms with Crippen LogP contribution in [0.3, 0.4) is 0 Å². The lowest BCUT2D eigenvalue weighted by Crippen LogP contribution is -2.23. The zero-order valence-electron chi connectivity index (χ0n) is 13.0. The van der Waals surface area contributed by atoms with E-state index in [1.54, 1.807) is 6.20 Å². The van der Waals surface area contributed by atoms with Crippen molar-refractivity contribution in [2.75, 3.05) is 20.1 Å². The van der Waals surface area contributed by atoms with E-state index < -0.39 is 0 Å². The fourth-order valence-corrected chi connectivity index (χ4v) is 2.63. The minimum Gasteiger partial charge on any atom is -0.302 e. The standard InChI is InChI=1S/C19H19N3/c1-15-16(8-9-18-6-4-12-20-21-18)5-3-7-19(15)17-10-13-22(2)14-11-17/h3-7,10,12H,11,13-14H2,1-2H3. The molecule has 0 fully saturated rings. The van der Waals surface area contributed by atoms with E-state index >= 15 is 0 Å². The van der Waals surface area contributed by atoms with Gasteiger partial charge in [0, 0.05) is 24.8 Å². The topological polar surface area (TPSA) is 29.0 Å². The highest BCUT2D eigenvalue weighted by Gasteiger charge is 2.12. The first-order valence-electron chi connectivity index (χ1n) is 7.51. The molecular formula is C19H19N3. The van der Waals surface area contributed by atoms with Gasteiger partial charge in [0.15, 0.2) is 0 Å². The van der Waals surface area contributed by atoms with Crippen LogP contribution in [-0.2, 0) is 0 Å². The van der Waals surface area contributed by atoms with Crippen molar-refractivity contribution in [3.05, 3.63) is 65.0 Å². The highest BCUT2D eigenvalue weighted by Crippen LogP contribution is 2.26. The number of nitrogens with zero attached hydrogens (tertiary/aromatic N) is 3. The maximum absolute atomic E-state index is 4.00. The summed E-state index contributed by atoms with van der Waals surface area (Å²) < 4.78 is 0. The molecule has 3 nitrogen and oxygen atoms in total. The van der Waals surface area contributed by atoms with Gasteiger partial charge >= 0.3 is 0 Å². The summed E-state index contributed by atoms with van der Waals surface area (Å²) in [6, 6.07) is 10.1. The van der Waals surface area contributed by atoms with E-state index in [0.717, 1.165) is 25.1 Å². The zero-order chi connectivity index (χ0) is 15.4. The van der Waals surface area contributed by atoms with Crippen LogP contribution in [0.5, 0.6) is 0 Å². The maximum atomic E-state index is 4.00. The van der Waals surface area contributed by atoms with Crippen molar-refractivity contribution >= 4 is 5.57 Å². The van der Waals surface area contributed by atoms with Crippen LogP contribution in [-0.4, -0.2) is 35.2 Å². The van der Waals surface area contributed by atoms with Crippen molar-refractivity contribution in [1.29, 1.82) is 0 Å². The molecule has 0 spiro atoms. The van der Waals surface area contributed by atoms with Crippen molar-refractivity contribution in [1.82, 2.24) is 15.1 Å². The second-order valence-corrected chi connectivity index (χ2v) is 5.58. The lowest BCUT2D eigenvalue weighted by Gasteiger charge is -2.23. The van der Waals surface area contributed by atoms with Gasteiger partial charge in [-0.1, -0.05) is 24.1 Å². The van der Waals surface area contributed by atoms with Gasteiger partial charge in [0.1, 0.15) is 5.69 Å². The largest absolute Gasteiger partial charge is 0.302 e. The molecule has 0 saturated heterocycles. The smallest absolute Gasteiger partial charge is 0.136 e. The summed E-state index contributed by atoms with van der Waals surface area (Å²) in [4.78, 5) is 2.33. The first-order valence-corrected chi connectivity index (χ1v) is 7.51. The average molecular weight is 289 g/mol. The molecule has 3 heteroatoms. The van der Waals surface area contributed by atoms with Crippen LogP contribution in [0, 0.1) is 18.8 Å². The van der Waals surface area contributed by atoms with E-state index in [1.165, 1.54) is 16.7 Å². The molecule has 0 N–H and O–H groups in total. The van der Waals surface area contributed by atoms with E-state index in [0.29, 0.717) is 5.69 Å². The average Bonchev–Trinajstić information content (AvgIpc) is 2.56. The molecule has 0 amide bonds. The highest BCUT2D eigenvalue weighted by atomic mass is 15.1. The first-order chi connectivity index (χ1) is 10.7. The Balaban J connectivity index is 1.92. The molecule has 2 heterocycles. The normalized spacial score (nSPS) is 14.9. The minimum absolute atomic E-state index is 0.700. The van der Waals surface area contributed by atoms with Crippen LogP contribution < -0.4 is 0 Å². The van der Waals surface area contributed by atoms with Crippen LogP contribution in [0.1, 0.15) is 28.8 Å². The number of hydrogen-bond donors (Lipinski definition) is 0. The summed E-state index contributed by atoms with van der Waals surface area (Å²) in [6.07, 6.45) is 5.08. The summed E-state index contributed by atoms with van der Waals surface area (Å²) in [5, 5.41) is 7.85. The van der Waals surface area contributed by atoms with Gasteiger partial charge < -0.3 is 4.90 Å². The van der Waals surface area contributed by atoms with Crippen molar-refractivity contribution < 1.29 is 0 Å². The third-order valence-electron chi connectivity index (χ3n) is 3.99. The van der Waals surface area contributed by atoms with Crippen LogP contribution in [0.15, 0.2) is 42.6 Å². The Hall–Kier alpha value is -2.44. The van der Waals surface area contributed by atoms with Gasteiger partial charge in [0.25, 0.3) is 0 Å². The highest BCUT2D eigenvalue weighted by molar-refractivity contribution is 5.71. The molecule has 0 saturated carbocycles. The second kappa shape index (κ2) is 6.55. The monoisotopic (exact) mass is 289 g/mol. The van der Waals surface area contributed by atoms with Crippen LogP contribution in [0.2, 0.25) is 0 Å². The number of benzene rings is 1. The zero-order valence-corrected chi connectivity index (χ0v) is 13.0. The predicted molar refractivity (Wildman–Crippen MR) is 89.3 cm³/mol. The summed E-state index contributed by atoms with van der Waals surface area (Å²) in [5.74, 6) is 6.32. The maximum Gasteiger partial charge on any atom is 0.136 e. The van der Waals surface area contributed by atoms with Gasteiger partial charge in [-0.2, -0.15) is 5.10 Å². The van der Waals surface area contributed by atoms with Crippen molar-refractivity contribution in [2.45, 2.75) is 13.3 Å². The van der Waals surface area contributed by atoms with Gasteiger partial charge in [-0.15, -0.1) is 5.10 Å². The Morgan fingerprint density at radius 1 is 1.14 bits per heavy atom. The molecule has 1 aliphatic heterocycles. The van der Waals surface area contributed by atoms with E-state index in [2.05, 4.69) is 65.2 Å². The van der Waals surface area contributed by atoms with Crippen molar-refractivity contribution in [2.24, 2.45) is 0 Å². The predicted octanol–water partition coefficient (Wildman–Crippen LogP) is 2.90. The molecule has 1 aromatic heterocycles. The number of likely N-dealkylation sites (N-methyl/N-ethyl adjacent to an activating group) is 1. The summed E-state index contributed by atoms with van der Waals surface area (Å²) in [5.41, 5.74) is 5.75. The molecule has 22 heavy (non-hydrogen) atoms. The van der Waals surface area contributed by atoms with Gasteiger partial charge in [-0.3, -0.25) is 0 Å². The number of rotatable bonds is 1. The van der Waals surface area contributed by atoms with Gasteiger partial charge in [0.05, 0.1) is 0 Å². The van der Waals surface area contributed by atoms with E-state index in [1.807, 2.05) is 12.1 Å². The number of aromatic nitrogens is 2. The fourth-order valence-electron chi connectivity index (χ4n) is 2.63. The molecule has 0 atom stereocenters. The fraction of sp³-hybridized carbons (Fsp3) is 0.263. The molecule has 3 rings (SSSR count). The van der Waals surface area contributed by atoms with Gasteiger partial charge in [-0.05, 0) is 61.2 Å². The molecule has 2 aromatic rings. The van der Waals surface area contributed by atoms with Crippen LogP contribution >= 0.6 is 0 Å². The Kier molecular flexibility index (Phi) is 4.32. The lowest BCUT2D eigenvalue weighted by molar-refractivity contribution is 0.370. The third kappa shape index (κ3) is 3.24. The number of hydrogen-bond acceptors (Lipinski definition) is 3. The third-order valence-corrected chi connectivity index (χ3v) is 3.99. The quantitative estimate of drug-likeness (QED) is 0.756. The molecule has 1 aromatic carbocycles. The van der Waals surface area contributed by atoms with Gasteiger partial charge in [0.2, 0.25) is 0 Å². The van der Waals surface area contributed by atoms with E-state index in [9.17, 15) is 0 Å². The van der Waals surface area contributed by atoms with E-state index in [4.69, 9.17) is 0 Å². The molecule has 0 unspecified atom stereocenters. The summed E-state index contributed by atoms with van der Waals surface area (Å²) in [7, 11) is 2.16. The summed E-state index contributed by atoms with van der Waals surface area (Å²) >= 11 is 0. The lowest BCUT2D eigenvalue weighted by atomic mass is 9.93.